The van der Waals surface area contributed by atoms with Gasteiger partial charge >= 0.3 is 5.97 Å². The van der Waals surface area contributed by atoms with E-state index in [0.717, 1.165) is 0 Å². The summed E-state index contributed by atoms with van der Waals surface area (Å²) in [6.07, 6.45) is 0.939. The summed E-state index contributed by atoms with van der Waals surface area (Å²) in [7, 11) is 0. The third-order valence-electron chi connectivity index (χ3n) is 2.94. The largest absolute Gasteiger partial charge is 0.461 e. The minimum atomic E-state index is -0.315. The summed E-state index contributed by atoms with van der Waals surface area (Å²) in [5.41, 5.74) is 0. The van der Waals surface area contributed by atoms with Crippen LogP contribution in [0, 0.1) is 11.8 Å². The highest BCUT2D eigenvalue weighted by Crippen LogP contribution is 2.47. The zero-order chi connectivity index (χ0) is 9.59. The van der Waals surface area contributed by atoms with Gasteiger partial charge in [0, 0.05) is 19.3 Å². The first-order valence-corrected chi connectivity index (χ1v) is 4.87. The zero-order valence-electron chi connectivity index (χ0n) is 7.33. The molecular formula is C9H11ClO3. The van der Waals surface area contributed by atoms with Gasteiger partial charge in [-0.2, -0.15) is 0 Å². The van der Waals surface area contributed by atoms with E-state index < -0.39 is 0 Å². The number of carbonyl (C=O) groups is 2. The van der Waals surface area contributed by atoms with Gasteiger partial charge in [0.25, 0.3) is 0 Å². The van der Waals surface area contributed by atoms with E-state index in [1.54, 1.807) is 0 Å². The van der Waals surface area contributed by atoms with Gasteiger partial charge in [0.15, 0.2) is 0 Å². The summed E-state index contributed by atoms with van der Waals surface area (Å²) in [5.74, 6) is 0.264. The Balaban J connectivity index is 2.01. The van der Waals surface area contributed by atoms with Gasteiger partial charge in [-0.1, -0.05) is 0 Å². The molecule has 0 spiro atoms. The third kappa shape index (κ3) is 1.35. The number of ketones is 1. The lowest BCUT2D eigenvalue weighted by atomic mass is 9.75. The van der Waals surface area contributed by atoms with Crippen molar-refractivity contribution in [2.75, 3.05) is 0 Å². The molecule has 0 radical (unpaired) electrons. The van der Waals surface area contributed by atoms with Gasteiger partial charge in [0.05, 0.1) is 5.38 Å². The monoisotopic (exact) mass is 202 g/mol. The fourth-order valence-electron chi connectivity index (χ4n) is 2.23. The molecule has 2 aliphatic carbocycles. The molecule has 2 aliphatic rings. The summed E-state index contributed by atoms with van der Waals surface area (Å²) in [5, 5.41) is -0.161. The second-order valence-electron chi connectivity index (χ2n) is 3.77. The van der Waals surface area contributed by atoms with Crippen molar-refractivity contribution < 1.29 is 14.3 Å². The molecule has 3 nitrogen and oxygen atoms in total. The fourth-order valence-corrected chi connectivity index (χ4v) is 2.65. The first-order valence-electron chi connectivity index (χ1n) is 4.43. The molecule has 0 aromatic heterocycles. The van der Waals surface area contributed by atoms with E-state index in [-0.39, 0.29) is 35.1 Å². The van der Waals surface area contributed by atoms with Crippen LogP contribution in [0.2, 0.25) is 0 Å². The number of esters is 1. The van der Waals surface area contributed by atoms with Crippen LogP contribution < -0.4 is 0 Å². The fraction of sp³-hybridized carbons (Fsp3) is 0.778. The Labute approximate surface area is 81.4 Å². The van der Waals surface area contributed by atoms with Crippen LogP contribution in [0.25, 0.3) is 0 Å². The zero-order valence-corrected chi connectivity index (χ0v) is 8.08. The second kappa shape index (κ2) is 2.98. The van der Waals surface area contributed by atoms with Gasteiger partial charge in [-0.3, -0.25) is 9.59 Å². The molecule has 2 fully saturated rings. The lowest BCUT2D eigenvalue weighted by Gasteiger charge is -2.29. The maximum absolute atomic E-state index is 11.1. The number of halogens is 1. The standard InChI is InChI=1S/C9H11ClO3/c1-4(11)13-8-3-5-6(9(8)10)2-7(5)12/h5-6,8-9H,2-3H2,1H3/t5-,6-,8-,9-/m1/s1. The normalized spacial score (nSPS) is 42.5. The minimum absolute atomic E-state index is 0.0619. The van der Waals surface area contributed by atoms with Gasteiger partial charge in [0.2, 0.25) is 0 Å². The van der Waals surface area contributed by atoms with E-state index in [1.165, 1.54) is 6.92 Å². The summed E-state index contributed by atoms with van der Waals surface area (Å²) < 4.78 is 5.03. The Morgan fingerprint density at radius 2 is 2.31 bits per heavy atom. The summed E-state index contributed by atoms with van der Waals surface area (Å²) in [4.78, 5) is 21.8. The van der Waals surface area contributed by atoms with E-state index in [4.69, 9.17) is 16.3 Å². The van der Waals surface area contributed by atoms with Gasteiger partial charge in [-0.25, -0.2) is 0 Å². The average molecular weight is 203 g/mol. The number of alkyl halides is 1. The van der Waals surface area contributed by atoms with Gasteiger partial charge < -0.3 is 4.74 Å². The maximum atomic E-state index is 11.1. The van der Waals surface area contributed by atoms with Crippen molar-refractivity contribution in [3.05, 3.63) is 0 Å². The minimum Gasteiger partial charge on any atom is -0.461 e. The van der Waals surface area contributed by atoms with Crippen LogP contribution in [0.15, 0.2) is 0 Å². The van der Waals surface area contributed by atoms with Crippen molar-refractivity contribution in [1.82, 2.24) is 0 Å². The van der Waals surface area contributed by atoms with Crippen molar-refractivity contribution in [2.24, 2.45) is 11.8 Å². The first-order chi connectivity index (χ1) is 6.09. The predicted molar refractivity (Wildman–Crippen MR) is 46.4 cm³/mol. The van der Waals surface area contributed by atoms with Gasteiger partial charge in [0.1, 0.15) is 11.9 Å². The SMILES string of the molecule is CC(=O)O[C@@H]1C[C@H]2C(=O)C[C@H]2[C@H]1Cl. The molecule has 0 aliphatic heterocycles. The van der Waals surface area contributed by atoms with E-state index in [0.29, 0.717) is 12.8 Å². The van der Waals surface area contributed by atoms with Crippen LogP contribution in [-0.4, -0.2) is 23.2 Å². The number of rotatable bonds is 1. The molecule has 0 N–H and O–H groups in total. The van der Waals surface area contributed by atoms with E-state index >= 15 is 0 Å². The molecule has 0 bridgehead atoms. The molecule has 0 unspecified atom stereocenters. The Kier molecular flexibility index (Phi) is 2.06. The number of carbonyl (C=O) groups excluding carboxylic acids is 2. The molecule has 0 amide bonds. The summed E-state index contributed by atoms with van der Waals surface area (Å²) in [6, 6.07) is 0. The second-order valence-corrected chi connectivity index (χ2v) is 4.27. The van der Waals surface area contributed by atoms with Crippen molar-refractivity contribution in [3.8, 4) is 0 Å². The van der Waals surface area contributed by atoms with Crippen LogP contribution in [0.4, 0.5) is 0 Å². The van der Waals surface area contributed by atoms with Crippen molar-refractivity contribution in [3.63, 3.8) is 0 Å². The highest BCUT2D eigenvalue weighted by atomic mass is 35.5. The molecule has 72 valence electrons. The molecule has 0 aromatic rings. The van der Waals surface area contributed by atoms with Gasteiger partial charge in [-0.15, -0.1) is 11.6 Å². The molecule has 2 rings (SSSR count). The number of fused-ring (bicyclic) bond motifs is 1. The number of hydrogen-bond donors (Lipinski definition) is 0. The Hall–Kier alpha value is -0.570. The first kappa shape index (κ1) is 9.00. The molecular weight excluding hydrogens is 192 g/mol. The quantitative estimate of drug-likeness (QED) is 0.473. The third-order valence-corrected chi connectivity index (χ3v) is 3.54. The molecule has 0 heterocycles. The number of hydrogen-bond acceptors (Lipinski definition) is 3. The molecule has 13 heavy (non-hydrogen) atoms. The van der Waals surface area contributed by atoms with Crippen LogP contribution >= 0.6 is 11.6 Å². The van der Waals surface area contributed by atoms with E-state index in [2.05, 4.69) is 0 Å². The van der Waals surface area contributed by atoms with Crippen molar-refractivity contribution in [2.45, 2.75) is 31.2 Å². The highest BCUT2D eigenvalue weighted by Gasteiger charge is 2.53. The van der Waals surface area contributed by atoms with Crippen LogP contribution in [0.3, 0.4) is 0 Å². The van der Waals surface area contributed by atoms with E-state index in [1.807, 2.05) is 0 Å². The molecule has 2 saturated carbocycles. The van der Waals surface area contributed by atoms with Crippen LogP contribution in [0.5, 0.6) is 0 Å². The summed E-state index contributed by atoms with van der Waals surface area (Å²) >= 11 is 6.05. The van der Waals surface area contributed by atoms with E-state index in [9.17, 15) is 9.59 Å². The molecule has 4 heteroatoms. The summed E-state index contributed by atoms with van der Waals surface area (Å²) in [6.45, 7) is 1.37. The predicted octanol–water partition coefficient (Wildman–Crippen LogP) is 1.13. The lowest BCUT2D eigenvalue weighted by molar-refractivity contribution is -0.146. The Bertz CT molecular complexity index is 264. The van der Waals surface area contributed by atoms with Crippen LogP contribution in [0.1, 0.15) is 19.8 Å². The Morgan fingerprint density at radius 3 is 2.77 bits per heavy atom. The number of ether oxygens (including phenoxy) is 1. The molecule has 0 aromatic carbocycles. The van der Waals surface area contributed by atoms with Crippen LogP contribution in [-0.2, 0) is 14.3 Å². The smallest absolute Gasteiger partial charge is 0.302 e. The number of Topliss-reactive ketones (excluding diaryl/α,β-unsaturated/α-hetero) is 1. The Morgan fingerprint density at radius 1 is 1.62 bits per heavy atom. The van der Waals surface area contributed by atoms with Crippen molar-refractivity contribution in [1.29, 1.82) is 0 Å². The molecule has 0 saturated heterocycles. The van der Waals surface area contributed by atoms with Gasteiger partial charge in [-0.05, 0) is 12.3 Å². The van der Waals surface area contributed by atoms with Crippen molar-refractivity contribution >= 4 is 23.4 Å². The topological polar surface area (TPSA) is 43.4 Å². The lowest BCUT2D eigenvalue weighted by Crippen LogP contribution is -2.36. The maximum Gasteiger partial charge on any atom is 0.302 e. The average Bonchev–Trinajstić information content (AvgIpc) is 2.27. The molecule has 4 atom stereocenters. The highest BCUT2D eigenvalue weighted by molar-refractivity contribution is 6.22.